The molecular weight excluding hydrogens is 260 g/mol. The first-order chi connectivity index (χ1) is 9.82. The number of hydrogen-bond acceptors (Lipinski definition) is 3. The maximum atomic E-state index is 11.0. The fourth-order valence-corrected chi connectivity index (χ4v) is 3.51. The van der Waals surface area contributed by atoms with Gasteiger partial charge < -0.3 is 16.6 Å². The number of nitrogens with two attached hydrogens (primary N) is 2. The van der Waals surface area contributed by atoms with Gasteiger partial charge in [-0.15, -0.1) is 0 Å². The predicted molar refractivity (Wildman–Crippen MR) is 93.1 cm³/mol. The third-order valence-electron chi connectivity index (χ3n) is 5.41. The Kier molecular flexibility index (Phi) is 9.43. The van der Waals surface area contributed by atoms with E-state index in [9.17, 15) is 5.11 Å². The molecule has 0 heterocycles. The van der Waals surface area contributed by atoms with Crippen LogP contribution in [0.5, 0.6) is 0 Å². The first-order valence-electron chi connectivity index (χ1n) is 8.60. The summed E-state index contributed by atoms with van der Waals surface area (Å²) in [4.78, 5) is 0. The standard InChI is InChI=1S/C18H38N2O/c1-6-12-17(4,8-3)18(5,13-7-2)16(21)15(20)11-9-10-14-19/h7,13,15-16,21H,6,8-12,14,19-20H2,1-5H3/t15-,16?,17?,18?/m1/s1. The van der Waals surface area contributed by atoms with Gasteiger partial charge in [-0.05, 0) is 44.6 Å². The quantitative estimate of drug-likeness (QED) is 0.403. The molecule has 4 atom stereocenters. The lowest BCUT2D eigenvalue weighted by Crippen LogP contribution is -2.52. The van der Waals surface area contributed by atoms with Crippen LogP contribution in [-0.4, -0.2) is 23.8 Å². The summed E-state index contributed by atoms with van der Waals surface area (Å²) in [6.45, 7) is 11.6. The van der Waals surface area contributed by atoms with Crippen LogP contribution in [0.25, 0.3) is 0 Å². The highest BCUT2D eigenvalue weighted by atomic mass is 16.3. The van der Waals surface area contributed by atoms with Crippen molar-refractivity contribution in [2.45, 2.75) is 85.3 Å². The van der Waals surface area contributed by atoms with Crippen molar-refractivity contribution >= 4 is 0 Å². The molecule has 0 radical (unpaired) electrons. The maximum absolute atomic E-state index is 11.0. The van der Waals surface area contributed by atoms with Crippen LogP contribution in [-0.2, 0) is 0 Å². The van der Waals surface area contributed by atoms with Crippen molar-refractivity contribution in [3.63, 3.8) is 0 Å². The summed E-state index contributed by atoms with van der Waals surface area (Å²) in [5.41, 5.74) is 11.6. The molecule has 21 heavy (non-hydrogen) atoms. The summed E-state index contributed by atoms with van der Waals surface area (Å²) in [6, 6.07) is -0.194. The first-order valence-corrected chi connectivity index (χ1v) is 8.60. The SMILES string of the molecule is CC=CC(C)(C(O)[C@H](N)CCCCN)C(C)(CC)CCC. The van der Waals surface area contributed by atoms with E-state index >= 15 is 0 Å². The molecule has 0 rings (SSSR count). The van der Waals surface area contributed by atoms with Crippen molar-refractivity contribution in [2.75, 3.05) is 6.54 Å². The molecule has 3 nitrogen and oxygen atoms in total. The fraction of sp³-hybridized carbons (Fsp3) is 0.889. The van der Waals surface area contributed by atoms with Crippen molar-refractivity contribution in [3.8, 4) is 0 Å². The lowest BCUT2D eigenvalue weighted by Gasteiger charge is -2.49. The highest BCUT2D eigenvalue weighted by Gasteiger charge is 2.47. The summed E-state index contributed by atoms with van der Waals surface area (Å²) in [7, 11) is 0. The highest BCUT2D eigenvalue weighted by molar-refractivity contribution is 5.10. The molecule has 0 amide bonds. The van der Waals surface area contributed by atoms with E-state index in [1.807, 2.05) is 6.92 Å². The number of rotatable bonds is 11. The molecule has 0 aromatic heterocycles. The Morgan fingerprint density at radius 3 is 2.24 bits per heavy atom. The highest BCUT2D eigenvalue weighted by Crippen LogP contribution is 2.49. The average molecular weight is 299 g/mol. The zero-order valence-corrected chi connectivity index (χ0v) is 14.9. The van der Waals surface area contributed by atoms with Crippen LogP contribution in [0, 0.1) is 10.8 Å². The third kappa shape index (κ3) is 5.08. The molecule has 0 spiro atoms. The van der Waals surface area contributed by atoms with E-state index in [2.05, 4.69) is 39.8 Å². The molecule has 0 aliphatic carbocycles. The lowest BCUT2D eigenvalue weighted by molar-refractivity contribution is -0.0446. The molecular formula is C18H38N2O. The van der Waals surface area contributed by atoms with E-state index in [-0.39, 0.29) is 16.9 Å². The van der Waals surface area contributed by atoms with E-state index in [1.165, 1.54) is 0 Å². The minimum Gasteiger partial charge on any atom is -0.391 e. The van der Waals surface area contributed by atoms with Crippen molar-refractivity contribution in [1.82, 2.24) is 0 Å². The zero-order chi connectivity index (χ0) is 16.5. The Hall–Kier alpha value is -0.380. The Bertz CT molecular complexity index is 306. The van der Waals surface area contributed by atoms with Gasteiger partial charge in [0.2, 0.25) is 0 Å². The molecule has 0 aromatic carbocycles. The molecule has 126 valence electrons. The van der Waals surface area contributed by atoms with Crippen molar-refractivity contribution in [2.24, 2.45) is 22.3 Å². The maximum Gasteiger partial charge on any atom is 0.0784 e. The average Bonchev–Trinajstić information content (AvgIpc) is 2.46. The van der Waals surface area contributed by atoms with Crippen LogP contribution in [0.4, 0.5) is 0 Å². The van der Waals surface area contributed by atoms with Gasteiger partial charge in [-0.1, -0.05) is 52.7 Å². The summed E-state index contributed by atoms with van der Waals surface area (Å²) in [5, 5.41) is 11.0. The second-order valence-corrected chi connectivity index (χ2v) is 6.84. The summed E-state index contributed by atoms with van der Waals surface area (Å²) >= 11 is 0. The van der Waals surface area contributed by atoms with E-state index in [1.54, 1.807) is 0 Å². The molecule has 0 aliphatic heterocycles. The van der Waals surface area contributed by atoms with Gasteiger partial charge in [0.05, 0.1) is 6.10 Å². The van der Waals surface area contributed by atoms with Gasteiger partial charge in [-0.25, -0.2) is 0 Å². The van der Waals surface area contributed by atoms with E-state index in [4.69, 9.17) is 11.5 Å². The van der Waals surface area contributed by atoms with Gasteiger partial charge in [0, 0.05) is 11.5 Å². The first kappa shape index (κ1) is 20.6. The largest absolute Gasteiger partial charge is 0.391 e. The number of hydrogen-bond donors (Lipinski definition) is 3. The van der Waals surface area contributed by atoms with Gasteiger partial charge in [-0.3, -0.25) is 0 Å². The molecule has 5 N–H and O–H groups in total. The van der Waals surface area contributed by atoms with Crippen LogP contribution < -0.4 is 11.5 Å². The van der Waals surface area contributed by atoms with Gasteiger partial charge >= 0.3 is 0 Å². The minimum absolute atomic E-state index is 0.0547. The van der Waals surface area contributed by atoms with Crippen LogP contribution in [0.3, 0.4) is 0 Å². The molecule has 3 unspecified atom stereocenters. The molecule has 0 aliphatic rings. The molecule has 0 bridgehead atoms. The Morgan fingerprint density at radius 1 is 1.19 bits per heavy atom. The molecule has 0 fully saturated rings. The number of allylic oxidation sites excluding steroid dienone is 1. The molecule has 0 saturated carbocycles. The van der Waals surface area contributed by atoms with Gasteiger partial charge in [-0.2, -0.15) is 0 Å². The van der Waals surface area contributed by atoms with Crippen LogP contribution in [0.2, 0.25) is 0 Å². The summed E-state index contributed by atoms with van der Waals surface area (Å²) in [5.74, 6) is 0. The molecule has 3 heteroatoms. The van der Waals surface area contributed by atoms with E-state index in [0.717, 1.165) is 38.5 Å². The van der Waals surface area contributed by atoms with Crippen molar-refractivity contribution < 1.29 is 5.11 Å². The van der Waals surface area contributed by atoms with Gasteiger partial charge in [0.1, 0.15) is 0 Å². The van der Waals surface area contributed by atoms with Crippen LogP contribution >= 0.6 is 0 Å². The smallest absolute Gasteiger partial charge is 0.0784 e. The Morgan fingerprint density at radius 2 is 1.81 bits per heavy atom. The van der Waals surface area contributed by atoms with E-state index in [0.29, 0.717) is 6.54 Å². The van der Waals surface area contributed by atoms with Crippen LogP contribution in [0.15, 0.2) is 12.2 Å². The Labute approximate surface area is 132 Å². The van der Waals surface area contributed by atoms with Gasteiger partial charge in [0.15, 0.2) is 0 Å². The lowest BCUT2D eigenvalue weighted by atomic mass is 9.57. The minimum atomic E-state index is -0.525. The van der Waals surface area contributed by atoms with Crippen LogP contribution in [0.1, 0.15) is 73.1 Å². The zero-order valence-electron chi connectivity index (χ0n) is 14.9. The number of aliphatic hydroxyl groups is 1. The molecule has 0 aromatic rings. The summed E-state index contributed by atoms with van der Waals surface area (Å²) < 4.78 is 0. The molecule has 0 saturated heterocycles. The normalized spacial score (nSPS) is 21.0. The third-order valence-corrected chi connectivity index (χ3v) is 5.41. The monoisotopic (exact) mass is 298 g/mol. The number of unbranched alkanes of at least 4 members (excludes halogenated alkanes) is 1. The topological polar surface area (TPSA) is 72.3 Å². The van der Waals surface area contributed by atoms with E-state index < -0.39 is 6.10 Å². The second kappa shape index (κ2) is 9.60. The van der Waals surface area contributed by atoms with Crippen molar-refractivity contribution in [3.05, 3.63) is 12.2 Å². The fourth-order valence-electron chi connectivity index (χ4n) is 3.51. The number of aliphatic hydroxyl groups excluding tert-OH is 1. The Balaban J connectivity index is 5.24. The summed E-state index contributed by atoms with van der Waals surface area (Å²) in [6.07, 6.45) is 9.73. The second-order valence-electron chi connectivity index (χ2n) is 6.84. The van der Waals surface area contributed by atoms with Crippen molar-refractivity contribution in [1.29, 1.82) is 0 Å². The van der Waals surface area contributed by atoms with Gasteiger partial charge in [0.25, 0.3) is 0 Å². The predicted octanol–water partition coefficient (Wildman–Crippen LogP) is 3.60.